The van der Waals surface area contributed by atoms with Gasteiger partial charge in [0.1, 0.15) is 0 Å². The highest BCUT2D eigenvalue weighted by Gasteiger charge is 2.13. The first kappa shape index (κ1) is 14.5. The quantitative estimate of drug-likeness (QED) is 0.695. The van der Waals surface area contributed by atoms with Crippen molar-refractivity contribution in [2.24, 2.45) is 0 Å². The monoisotopic (exact) mass is 316 g/mol. The summed E-state index contributed by atoms with van der Waals surface area (Å²) < 4.78 is 6.50. The third-order valence-corrected chi connectivity index (χ3v) is 3.61. The van der Waals surface area contributed by atoms with Crippen LogP contribution < -0.4 is 0 Å². The van der Waals surface area contributed by atoms with Crippen LogP contribution >= 0.6 is 11.6 Å². The van der Waals surface area contributed by atoms with Gasteiger partial charge < -0.3 is 4.74 Å². The standard InChI is InChI=1S/C15H13ClN4O2/c1-9-12(15(21)22-2)3-4-17-13(9)8-20-7-10-5-11(16)6-18-14(10)19-20/h3-7H,8H2,1-2H3. The molecule has 0 saturated heterocycles. The van der Waals surface area contributed by atoms with Crippen molar-refractivity contribution in [1.29, 1.82) is 0 Å². The van der Waals surface area contributed by atoms with Gasteiger partial charge in [-0.2, -0.15) is 5.10 Å². The van der Waals surface area contributed by atoms with E-state index in [1.165, 1.54) is 7.11 Å². The zero-order chi connectivity index (χ0) is 15.7. The Kier molecular flexibility index (Phi) is 3.77. The maximum absolute atomic E-state index is 11.7. The van der Waals surface area contributed by atoms with Crippen LogP contribution in [0.15, 0.2) is 30.7 Å². The highest BCUT2D eigenvalue weighted by Crippen LogP contribution is 2.17. The fourth-order valence-corrected chi connectivity index (χ4v) is 2.41. The van der Waals surface area contributed by atoms with Crippen LogP contribution in [0.5, 0.6) is 0 Å². The number of halogens is 1. The maximum atomic E-state index is 11.7. The van der Waals surface area contributed by atoms with Gasteiger partial charge in [0, 0.05) is 24.0 Å². The van der Waals surface area contributed by atoms with E-state index in [9.17, 15) is 4.79 Å². The molecule has 22 heavy (non-hydrogen) atoms. The molecule has 0 atom stereocenters. The highest BCUT2D eigenvalue weighted by atomic mass is 35.5. The molecule has 0 fully saturated rings. The van der Waals surface area contributed by atoms with E-state index >= 15 is 0 Å². The molecular weight excluding hydrogens is 304 g/mol. The van der Waals surface area contributed by atoms with Crippen molar-refractivity contribution in [3.05, 3.63) is 52.6 Å². The van der Waals surface area contributed by atoms with Crippen LogP contribution in [0.25, 0.3) is 11.0 Å². The highest BCUT2D eigenvalue weighted by molar-refractivity contribution is 6.31. The van der Waals surface area contributed by atoms with E-state index in [1.54, 1.807) is 29.2 Å². The molecule has 0 aromatic carbocycles. The molecule has 7 heteroatoms. The van der Waals surface area contributed by atoms with Crippen molar-refractivity contribution >= 4 is 28.6 Å². The van der Waals surface area contributed by atoms with Gasteiger partial charge in [-0.25, -0.2) is 9.78 Å². The first-order chi connectivity index (χ1) is 10.6. The summed E-state index contributed by atoms with van der Waals surface area (Å²) in [5, 5.41) is 5.80. The average Bonchev–Trinajstić information content (AvgIpc) is 2.90. The number of hydrogen-bond donors (Lipinski definition) is 0. The molecule has 0 bridgehead atoms. The second kappa shape index (κ2) is 5.73. The van der Waals surface area contributed by atoms with Crippen molar-refractivity contribution < 1.29 is 9.53 Å². The summed E-state index contributed by atoms with van der Waals surface area (Å²) >= 11 is 5.92. The topological polar surface area (TPSA) is 69.9 Å². The van der Waals surface area contributed by atoms with E-state index in [1.807, 2.05) is 13.1 Å². The normalized spacial score (nSPS) is 10.9. The Hall–Kier alpha value is -2.47. The molecule has 3 aromatic rings. The van der Waals surface area contributed by atoms with Gasteiger partial charge in [0.15, 0.2) is 5.65 Å². The van der Waals surface area contributed by atoms with Crippen LogP contribution in [0, 0.1) is 6.92 Å². The van der Waals surface area contributed by atoms with Crippen molar-refractivity contribution in [1.82, 2.24) is 19.7 Å². The number of esters is 1. The Morgan fingerprint density at radius 1 is 1.41 bits per heavy atom. The number of methoxy groups -OCH3 is 1. The van der Waals surface area contributed by atoms with E-state index in [2.05, 4.69) is 15.1 Å². The van der Waals surface area contributed by atoms with Crippen molar-refractivity contribution in [2.75, 3.05) is 7.11 Å². The van der Waals surface area contributed by atoms with E-state index < -0.39 is 0 Å². The van der Waals surface area contributed by atoms with E-state index in [0.717, 1.165) is 16.6 Å². The Balaban J connectivity index is 1.96. The second-order valence-electron chi connectivity index (χ2n) is 4.81. The number of pyridine rings is 2. The molecule has 0 aliphatic rings. The summed E-state index contributed by atoms with van der Waals surface area (Å²) in [7, 11) is 1.36. The fraction of sp³-hybridized carbons (Fsp3) is 0.200. The molecule has 0 radical (unpaired) electrons. The van der Waals surface area contributed by atoms with Crippen LogP contribution in [-0.4, -0.2) is 32.8 Å². The number of fused-ring (bicyclic) bond motifs is 1. The summed E-state index contributed by atoms with van der Waals surface area (Å²) in [5.41, 5.74) is 2.65. The average molecular weight is 317 g/mol. The molecule has 112 valence electrons. The van der Waals surface area contributed by atoms with Gasteiger partial charge in [0.2, 0.25) is 0 Å². The zero-order valence-corrected chi connectivity index (χ0v) is 12.8. The lowest BCUT2D eigenvalue weighted by Gasteiger charge is -2.08. The molecule has 3 aromatic heterocycles. The van der Waals surface area contributed by atoms with Crippen LogP contribution in [0.1, 0.15) is 21.6 Å². The molecule has 0 N–H and O–H groups in total. The first-order valence-corrected chi connectivity index (χ1v) is 6.98. The molecule has 0 saturated carbocycles. The fourth-order valence-electron chi connectivity index (χ4n) is 2.24. The van der Waals surface area contributed by atoms with Crippen LogP contribution in [-0.2, 0) is 11.3 Å². The number of carbonyl (C=O) groups excluding carboxylic acids is 1. The summed E-state index contributed by atoms with van der Waals surface area (Å²) in [6, 6.07) is 3.45. The molecule has 0 spiro atoms. The van der Waals surface area contributed by atoms with E-state index in [4.69, 9.17) is 16.3 Å². The van der Waals surface area contributed by atoms with E-state index in [-0.39, 0.29) is 5.97 Å². The number of rotatable bonds is 3. The lowest BCUT2D eigenvalue weighted by Crippen LogP contribution is -2.10. The van der Waals surface area contributed by atoms with Gasteiger partial charge >= 0.3 is 5.97 Å². The van der Waals surface area contributed by atoms with Gasteiger partial charge in [0.05, 0.1) is 29.9 Å². The summed E-state index contributed by atoms with van der Waals surface area (Å²) in [5.74, 6) is -0.375. The van der Waals surface area contributed by atoms with Gasteiger partial charge in [-0.1, -0.05) is 11.6 Å². The Bertz CT molecular complexity index is 860. The molecule has 0 aliphatic heterocycles. The predicted octanol–water partition coefficient (Wildman–Crippen LogP) is 2.62. The van der Waals surface area contributed by atoms with Gasteiger partial charge in [-0.15, -0.1) is 0 Å². The lowest BCUT2D eigenvalue weighted by atomic mass is 10.1. The maximum Gasteiger partial charge on any atom is 0.338 e. The molecule has 3 rings (SSSR count). The third kappa shape index (κ3) is 2.65. The molecule has 0 amide bonds. The minimum Gasteiger partial charge on any atom is -0.465 e. The minimum absolute atomic E-state index is 0.375. The summed E-state index contributed by atoms with van der Waals surface area (Å²) in [4.78, 5) is 20.2. The zero-order valence-electron chi connectivity index (χ0n) is 12.1. The van der Waals surface area contributed by atoms with Gasteiger partial charge in [0.25, 0.3) is 0 Å². The summed E-state index contributed by atoms with van der Waals surface area (Å²) in [6.07, 6.45) is 5.00. The molecule has 6 nitrogen and oxygen atoms in total. The van der Waals surface area contributed by atoms with Crippen LogP contribution in [0.2, 0.25) is 5.02 Å². The number of carbonyl (C=O) groups is 1. The number of nitrogens with zero attached hydrogens (tertiary/aromatic N) is 4. The van der Waals surface area contributed by atoms with Crippen molar-refractivity contribution in [2.45, 2.75) is 13.5 Å². The first-order valence-electron chi connectivity index (χ1n) is 6.60. The van der Waals surface area contributed by atoms with Crippen molar-refractivity contribution in [3.8, 4) is 0 Å². The van der Waals surface area contributed by atoms with Gasteiger partial charge in [-0.05, 0) is 24.6 Å². The lowest BCUT2D eigenvalue weighted by molar-refractivity contribution is 0.0599. The number of aromatic nitrogens is 4. The SMILES string of the molecule is COC(=O)c1ccnc(Cn2cc3cc(Cl)cnc3n2)c1C. The largest absolute Gasteiger partial charge is 0.465 e. The van der Waals surface area contributed by atoms with Crippen LogP contribution in [0.4, 0.5) is 0 Å². The Labute approximate surface area is 131 Å². The molecule has 3 heterocycles. The molecule has 0 aliphatic carbocycles. The van der Waals surface area contributed by atoms with Gasteiger partial charge in [-0.3, -0.25) is 9.67 Å². The van der Waals surface area contributed by atoms with Crippen LogP contribution in [0.3, 0.4) is 0 Å². The summed E-state index contributed by atoms with van der Waals surface area (Å²) in [6.45, 7) is 2.28. The molecule has 0 unspecified atom stereocenters. The second-order valence-corrected chi connectivity index (χ2v) is 5.25. The smallest absolute Gasteiger partial charge is 0.338 e. The van der Waals surface area contributed by atoms with E-state index in [0.29, 0.717) is 22.8 Å². The Morgan fingerprint density at radius 3 is 3.00 bits per heavy atom. The van der Waals surface area contributed by atoms with Crippen molar-refractivity contribution in [3.63, 3.8) is 0 Å². The number of ether oxygens (including phenoxy) is 1. The number of hydrogen-bond acceptors (Lipinski definition) is 5. The molecular formula is C15H13ClN4O2. The third-order valence-electron chi connectivity index (χ3n) is 3.40. The predicted molar refractivity (Wildman–Crippen MR) is 82.0 cm³/mol. The minimum atomic E-state index is -0.375. The Morgan fingerprint density at radius 2 is 2.23 bits per heavy atom.